The number of methoxy groups -OCH3 is 1. The van der Waals surface area contributed by atoms with Crippen molar-refractivity contribution in [2.24, 2.45) is 0 Å². The number of nitrogens with one attached hydrogen (secondary N) is 1. The van der Waals surface area contributed by atoms with Gasteiger partial charge in [0.15, 0.2) is 5.78 Å². The van der Waals surface area contributed by atoms with Crippen molar-refractivity contribution < 1.29 is 18.7 Å². The quantitative estimate of drug-likeness (QED) is 0.756. The van der Waals surface area contributed by atoms with E-state index < -0.39 is 5.82 Å². The summed E-state index contributed by atoms with van der Waals surface area (Å²) in [5.41, 5.74) is 1.08. The van der Waals surface area contributed by atoms with E-state index in [1.165, 1.54) is 24.3 Å². The first-order valence-electron chi connectivity index (χ1n) is 7.58. The lowest BCUT2D eigenvalue weighted by atomic mass is 10.1. The number of hydrogen-bond donors (Lipinski definition) is 1. The first-order chi connectivity index (χ1) is 11.6. The van der Waals surface area contributed by atoms with Crippen molar-refractivity contribution in [3.8, 4) is 0 Å². The van der Waals surface area contributed by atoms with E-state index in [4.69, 9.17) is 4.74 Å². The second kappa shape index (κ2) is 8.88. The molecular weight excluding hydrogens is 311 g/mol. The molecule has 1 aromatic heterocycles. The fourth-order valence-electron chi connectivity index (χ4n) is 2.22. The van der Waals surface area contributed by atoms with Gasteiger partial charge in [0.2, 0.25) is 5.91 Å². The van der Waals surface area contributed by atoms with E-state index in [1.54, 1.807) is 25.4 Å². The molecule has 0 bridgehead atoms. The van der Waals surface area contributed by atoms with Gasteiger partial charge in [0.05, 0.1) is 18.3 Å². The van der Waals surface area contributed by atoms with Crippen LogP contribution >= 0.6 is 0 Å². The lowest BCUT2D eigenvalue weighted by Crippen LogP contribution is -2.32. The summed E-state index contributed by atoms with van der Waals surface area (Å²) in [5, 5.41) is 2.81. The summed E-state index contributed by atoms with van der Waals surface area (Å²) in [6.07, 6.45) is 1.74. The Morgan fingerprint density at radius 3 is 2.54 bits per heavy atom. The average Bonchev–Trinajstić information content (AvgIpc) is 2.60. The van der Waals surface area contributed by atoms with E-state index in [9.17, 15) is 14.0 Å². The number of carbonyl (C=O) groups excluding carboxylic acids is 2. The summed E-state index contributed by atoms with van der Waals surface area (Å²) in [6, 6.07) is 10.3. The molecule has 0 fully saturated rings. The van der Waals surface area contributed by atoms with Crippen LogP contribution in [-0.4, -0.2) is 30.4 Å². The Labute approximate surface area is 139 Å². The molecule has 5 nitrogen and oxygen atoms in total. The Balaban J connectivity index is 1.89. The fraction of sp³-hybridized carbons (Fsp3) is 0.278. The third-order valence-electron chi connectivity index (χ3n) is 3.46. The van der Waals surface area contributed by atoms with Crippen molar-refractivity contribution in [1.82, 2.24) is 10.3 Å². The number of nitrogens with zero attached hydrogens (tertiary/aromatic N) is 1. The number of ketones is 1. The SMILES string of the molecule is COC[C@H](NC(=O)CCC(=O)c1ccc(F)cc1)c1ccccn1. The largest absolute Gasteiger partial charge is 0.382 e. The first-order valence-corrected chi connectivity index (χ1v) is 7.58. The van der Waals surface area contributed by atoms with E-state index in [2.05, 4.69) is 10.3 Å². The highest BCUT2D eigenvalue weighted by Gasteiger charge is 2.16. The van der Waals surface area contributed by atoms with Gasteiger partial charge >= 0.3 is 0 Å². The maximum Gasteiger partial charge on any atom is 0.221 e. The number of ether oxygens (including phenoxy) is 1. The molecule has 0 aliphatic heterocycles. The van der Waals surface area contributed by atoms with Crippen molar-refractivity contribution in [1.29, 1.82) is 0 Å². The third-order valence-corrected chi connectivity index (χ3v) is 3.46. The number of rotatable bonds is 8. The molecule has 2 rings (SSSR count). The number of carbonyl (C=O) groups is 2. The average molecular weight is 330 g/mol. The fourth-order valence-corrected chi connectivity index (χ4v) is 2.22. The van der Waals surface area contributed by atoms with Gasteiger partial charge in [0, 0.05) is 31.7 Å². The Morgan fingerprint density at radius 2 is 1.92 bits per heavy atom. The normalized spacial score (nSPS) is 11.8. The van der Waals surface area contributed by atoms with Crippen molar-refractivity contribution in [3.05, 3.63) is 65.7 Å². The smallest absolute Gasteiger partial charge is 0.221 e. The molecule has 1 atom stereocenters. The number of hydrogen-bond acceptors (Lipinski definition) is 4. The maximum absolute atomic E-state index is 12.8. The van der Waals surface area contributed by atoms with Crippen molar-refractivity contribution in [2.45, 2.75) is 18.9 Å². The van der Waals surface area contributed by atoms with Gasteiger partial charge in [-0.2, -0.15) is 0 Å². The van der Waals surface area contributed by atoms with Crippen LogP contribution < -0.4 is 5.32 Å². The molecule has 126 valence electrons. The van der Waals surface area contributed by atoms with Gasteiger partial charge in [-0.25, -0.2) is 4.39 Å². The standard InChI is InChI=1S/C18H19FN2O3/c1-24-12-16(15-4-2-3-11-20-15)21-18(23)10-9-17(22)13-5-7-14(19)8-6-13/h2-8,11,16H,9-10,12H2,1H3,(H,21,23)/t16-/m0/s1. The minimum absolute atomic E-state index is 0.0449. The number of pyridine rings is 1. The number of Topliss-reactive ketones (excluding diaryl/α,β-unsaturated/α-hetero) is 1. The molecule has 0 spiro atoms. The van der Waals surface area contributed by atoms with Crippen LogP contribution in [0.2, 0.25) is 0 Å². The Morgan fingerprint density at radius 1 is 1.17 bits per heavy atom. The lowest BCUT2D eigenvalue weighted by Gasteiger charge is -2.17. The zero-order valence-corrected chi connectivity index (χ0v) is 13.4. The minimum atomic E-state index is -0.401. The molecule has 1 N–H and O–H groups in total. The van der Waals surface area contributed by atoms with Crippen LogP contribution in [0, 0.1) is 5.82 Å². The van der Waals surface area contributed by atoms with Crippen LogP contribution in [0.25, 0.3) is 0 Å². The molecule has 0 aliphatic carbocycles. The highest BCUT2D eigenvalue weighted by molar-refractivity contribution is 5.97. The van der Waals surface area contributed by atoms with E-state index in [0.717, 1.165) is 0 Å². The van der Waals surface area contributed by atoms with Gasteiger partial charge in [0.25, 0.3) is 0 Å². The summed E-state index contributed by atoms with van der Waals surface area (Å²) >= 11 is 0. The topological polar surface area (TPSA) is 68.3 Å². The van der Waals surface area contributed by atoms with Gasteiger partial charge in [-0.05, 0) is 36.4 Å². The van der Waals surface area contributed by atoms with Gasteiger partial charge in [-0.1, -0.05) is 6.07 Å². The van der Waals surface area contributed by atoms with Crippen molar-refractivity contribution >= 4 is 11.7 Å². The zero-order valence-electron chi connectivity index (χ0n) is 13.4. The van der Waals surface area contributed by atoms with E-state index >= 15 is 0 Å². The number of benzene rings is 1. The first kappa shape index (κ1) is 17.7. The zero-order chi connectivity index (χ0) is 17.4. The lowest BCUT2D eigenvalue weighted by molar-refractivity contribution is -0.122. The second-order valence-corrected chi connectivity index (χ2v) is 5.26. The molecule has 0 unspecified atom stereocenters. The predicted octanol–water partition coefficient (Wildman–Crippen LogP) is 2.69. The van der Waals surface area contributed by atoms with Crippen LogP contribution in [0.3, 0.4) is 0 Å². The van der Waals surface area contributed by atoms with Gasteiger partial charge in [-0.3, -0.25) is 14.6 Å². The minimum Gasteiger partial charge on any atom is -0.382 e. The third kappa shape index (κ3) is 5.24. The van der Waals surface area contributed by atoms with Crippen LogP contribution in [-0.2, 0) is 9.53 Å². The van der Waals surface area contributed by atoms with Gasteiger partial charge in [0.1, 0.15) is 5.82 Å². The molecule has 2 aromatic rings. The van der Waals surface area contributed by atoms with E-state index in [0.29, 0.717) is 11.3 Å². The Bertz CT molecular complexity index is 674. The molecular formula is C18H19FN2O3. The Hall–Kier alpha value is -2.60. The van der Waals surface area contributed by atoms with Crippen molar-refractivity contribution in [3.63, 3.8) is 0 Å². The molecule has 24 heavy (non-hydrogen) atoms. The molecule has 0 saturated heterocycles. The molecule has 1 aromatic carbocycles. The number of aromatic nitrogens is 1. The van der Waals surface area contributed by atoms with Crippen LogP contribution in [0.15, 0.2) is 48.7 Å². The van der Waals surface area contributed by atoms with Crippen LogP contribution in [0.1, 0.15) is 34.9 Å². The molecule has 1 amide bonds. The van der Waals surface area contributed by atoms with Gasteiger partial charge < -0.3 is 10.1 Å². The molecule has 0 saturated carbocycles. The van der Waals surface area contributed by atoms with Gasteiger partial charge in [-0.15, -0.1) is 0 Å². The summed E-state index contributed by atoms with van der Waals surface area (Å²) in [4.78, 5) is 28.3. The highest BCUT2D eigenvalue weighted by atomic mass is 19.1. The van der Waals surface area contributed by atoms with Crippen molar-refractivity contribution in [2.75, 3.05) is 13.7 Å². The molecule has 0 radical (unpaired) electrons. The second-order valence-electron chi connectivity index (χ2n) is 5.26. The highest BCUT2D eigenvalue weighted by Crippen LogP contribution is 2.11. The summed E-state index contributed by atoms with van der Waals surface area (Å²) in [6.45, 7) is 0.286. The maximum atomic E-state index is 12.8. The summed E-state index contributed by atoms with van der Waals surface area (Å²) in [5.74, 6) is -0.869. The molecule has 6 heteroatoms. The molecule has 0 aliphatic rings. The number of halogens is 1. The summed E-state index contributed by atoms with van der Waals surface area (Å²) in [7, 11) is 1.54. The summed E-state index contributed by atoms with van der Waals surface area (Å²) < 4.78 is 18.0. The van der Waals surface area contributed by atoms with Crippen LogP contribution in [0.5, 0.6) is 0 Å². The van der Waals surface area contributed by atoms with Crippen LogP contribution in [0.4, 0.5) is 4.39 Å². The predicted molar refractivity (Wildman–Crippen MR) is 87.0 cm³/mol. The Kier molecular flexibility index (Phi) is 6.57. The molecule has 1 heterocycles. The van der Waals surface area contributed by atoms with E-state index in [-0.39, 0.29) is 37.2 Å². The monoisotopic (exact) mass is 330 g/mol. The van der Waals surface area contributed by atoms with E-state index in [1.807, 2.05) is 6.07 Å². The number of amides is 1.